The molecule has 0 radical (unpaired) electrons. The molecule has 1 aromatic rings. The van der Waals surface area contributed by atoms with E-state index in [0.717, 1.165) is 13.0 Å². The predicted molar refractivity (Wildman–Crippen MR) is 64.0 cm³/mol. The predicted octanol–water partition coefficient (Wildman–Crippen LogP) is 2.52. The first-order valence-electron chi connectivity index (χ1n) is 5.09. The molecular weight excluding hydrogens is 212 g/mol. The zero-order valence-corrected chi connectivity index (χ0v) is 10.1. The first kappa shape index (κ1) is 10.5. The van der Waals surface area contributed by atoms with Gasteiger partial charge in [-0.1, -0.05) is 0 Å². The normalized spacial score (nSPS) is 21.7. The number of thioether (sulfide) groups is 1. The molecule has 4 heteroatoms. The van der Waals surface area contributed by atoms with Crippen molar-refractivity contribution in [2.45, 2.75) is 31.4 Å². The minimum Gasteiger partial charge on any atom is -0.330 e. The minimum absolute atomic E-state index is 0.672. The van der Waals surface area contributed by atoms with Crippen molar-refractivity contribution in [1.82, 2.24) is 4.98 Å². The SMILES string of the molecule is Cc1nc(C2CCCS2)sc1CCN. The Morgan fingerprint density at radius 2 is 2.43 bits per heavy atom. The highest BCUT2D eigenvalue weighted by Crippen LogP contribution is 2.41. The molecule has 1 aliphatic rings. The third-order valence-electron chi connectivity index (χ3n) is 2.49. The van der Waals surface area contributed by atoms with Crippen LogP contribution < -0.4 is 5.73 Å². The van der Waals surface area contributed by atoms with E-state index in [2.05, 4.69) is 23.7 Å². The van der Waals surface area contributed by atoms with Gasteiger partial charge in [0.1, 0.15) is 5.01 Å². The molecule has 0 bridgehead atoms. The van der Waals surface area contributed by atoms with E-state index < -0.39 is 0 Å². The van der Waals surface area contributed by atoms with Crippen LogP contribution >= 0.6 is 23.1 Å². The van der Waals surface area contributed by atoms with Gasteiger partial charge in [-0.2, -0.15) is 11.8 Å². The zero-order chi connectivity index (χ0) is 9.97. The Balaban J connectivity index is 2.14. The molecule has 2 N–H and O–H groups in total. The summed E-state index contributed by atoms with van der Waals surface area (Å²) in [5, 5.41) is 2.00. The maximum atomic E-state index is 5.57. The highest BCUT2D eigenvalue weighted by Gasteiger charge is 2.21. The molecular formula is C10H16N2S2. The van der Waals surface area contributed by atoms with Crippen molar-refractivity contribution in [1.29, 1.82) is 0 Å². The van der Waals surface area contributed by atoms with Crippen molar-refractivity contribution in [3.05, 3.63) is 15.6 Å². The average molecular weight is 228 g/mol. The van der Waals surface area contributed by atoms with E-state index in [0.29, 0.717) is 5.25 Å². The second kappa shape index (κ2) is 4.64. The molecule has 0 spiro atoms. The van der Waals surface area contributed by atoms with Crippen LogP contribution in [0.2, 0.25) is 0 Å². The standard InChI is InChI=1S/C10H16N2S2/c1-7-8(4-5-11)14-10(12-7)9-3-2-6-13-9/h9H,2-6,11H2,1H3. The fourth-order valence-corrected chi connectivity index (χ4v) is 4.32. The third kappa shape index (κ3) is 2.12. The minimum atomic E-state index is 0.672. The van der Waals surface area contributed by atoms with Gasteiger partial charge in [-0.15, -0.1) is 11.3 Å². The van der Waals surface area contributed by atoms with E-state index >= 15 is 0 Å². The van der Waals surface area contributed by atoms with Crippen molar-refractivity contribution in [3.8, 4) is 0 Å². The van der Waals surface area contributed by atoms with E-state index in [9.17, 15) is 0 Å². The van der Waals surface area contributed by atoms with E-state index in [4.69, 9.17) is 5.73 Å². The topological polar surface area (TPSA) is 38.9 Å². The molecule has 78 valence electrons. The molecule has 1 saturated heterocycles. The number of hydrogen-bond acceptors (Lipinski definition) is 4. The van der Waals surface area contributed by atoms with Crippen LogP contribution in [-0.2, 0) is 6.42 Å². The van der Waals surface area contributed by atoms with Crippen LogP contribution in [0.3, 0.4) is 0 Å². The molecule has 1 fully saturated rings. The lowest BCUT2D eigenvalue weighted by Gasteiger charge is -2.01. The van der Waals surface area contributed by atoms with Crippen LogP contribution in [0.15, 0.2) is 0 Å². The molecule has 0 aromatic carbocycles. The maximum Gasteiger partial charge on any atom is 0.106 e. The van der Waals surface area contributed by atoms with Gasteiger partial charge in [-0.05, 0) is 38.5 Å². The quantitative estimate of drug-likeness (QED) is 0.864. The Bertz CT molecular complexity index is 303. The molecule has 14 heavy (non-hydrogen) atoms. The van der Waals surface area contributed by atoms with Crippen LogP contribution in [0.4, 0.5) is 0 Å². The van der Waals surface area contributed by atoms with Gasteiger partial charge in [-0.3, -0.25) is 0 Å². The van der Waals surface area contributed by atoms with Gasteiger partial charge in [-0.25, -0.2) is 4.98 Å². The first-order valence-corrected chi connectivity index (χ1v) is 6.95. The van der Waals surface area contributed by atoms with Crippen molar-refractivity contribution in [3.63, 3.8) is 0 Å². The molecule has 0 saturated carbocycles. The smallest absolute Gasteiger partial charge is 0.106 e. The highest BCUT2D eigenvalue weighted by atomic mass is 32.2. The summed E-state index contributed by atoms with van der Waals surface area (Å²) >= 11 is 3.92. The van der Waals surface area contributed by atoms with E-state index in [1.807, 2.05) is 11.3 Å². The van der Waals surface area contributed by atoms with Crippen molar-refractivity contribution in [2.75, 3.05) is 12.3 Å². The fourth-order valence-electron chi connectivity index (χ4n) is 1.72. The van der Waals surface area contributed by atoms with E-state index in [-0.39, 0.29) is 0 Å². The molecule has 0 aliphatic carbocycles. The molecule has 0 amide bonds. The zero-order valence-electron chi connectivity index (χ0n) is 8.45. The maximum absolute atomic E-state index is 5.57. The number of aryl methyl sites for hydroxylation is 1. The van der Waals surface area contributed by atoms with Crippen molar-refractivity contribution < 1.29 is 0 Å². The van der Waals surface area contributed by atoms with Gasteiger partial charge in [0.2, 0.25) is 0 Å². The van der Waals surface area contributed by atoms with Crippen LogP contribution in [-0.4, -0.2) is 17.3 Å². The summed E-state index contributed by atoms with van der Waals surface area (Å²) in [6.45, 7) is 2.84. The fraction of sp³-hybridized carbons (Fsp3) is 0.700. The summed E-state index contributed by atoms with van der Waals surface area (Å²) in [6.07, 6.45) is 3.64. The molecule has 2 rings (SSSR count). The second-order valence-corrected chi connectivity index (χ2v) is 6.03. The molecule has 1 aliphatic heterocycles. The van der Waals surface area contributed by atoms with Gasteiger partial charge in [0.25, 0.3) is 0 Å². The summed E-state index contributed by atoms with van der Waals surface area (Å²) in [7, 11) is 0. The van der Waals surface area contributed by atoms with Crippen LogP contribution in [0.25, 0.3) is 0 Å². The average Bonchev–Trinajstić information content (AvgIpc) is 2.76. The van der Waals surface area contributed by atoms with Crippen LogP contribution in [0.5, 0.6) is 0 Å². The highest BCUT2D eigenvalue weighted by molar-refractivity contribution is 7.99. The first-order chi connectivity index (χ1) is 6.81. The van der Waals surface area contributed by atoms with E-state index in [1.165, 1.54) is 34.2 Å². The van der Waals surface area contributed by atoms with Gasteiger partial charge in [0.15, 0.2) is 0 Å². The van der Waals surface area contributed by atoms with Gasteiger partial charge < -0.3 is 5.73 Å². The number of nitrogens with zero attached hydrogens (tertiary/aromatic N) is 1. The van der Waals surface area contributed by atoms with Crippen molar-refractivity contribution >= 4 is 23.1 Å². The lowest BCUT2D eigenvalue weighted by atomic mass is 10.2. The molecule has 2 nitrogen and oxygen atoms in total. The van der Waals surface area contributed by atoms with Gasteiger partial charge in [0.05, 0.1) is 10.9 Å². The van der Waals surface area contributed by atoms with E-state index in [1.54, 1.807) is 0 Å². The molecule has 2 heterocycles. The number of thiazole rings is 1. The lowest BCUT2D eigenvalue weighted by molar-refractivity contribution is 0.820. The van der Waals surface area contributed by atoms with Crippen LogP contribution in [0.1, 0.15) is 33.7 Å². The Labute approximate surface area is 93.3 Å². The summed E-state index contributed by atoms with van der Waals surface area (Å²) in [5.41, 5.74) is 6.76. The Morgan fingerprint density at radius 1 is 1.57 bits per heavy atom. The molecule has 1 aromatic heterocycles. The largest absolute Gasteiger partial charge is 0.330 e. The van der Waals surface area contributed by atoms with Gasteiger partial charge in [0, 0.05) is 4.88 Å². The summed E-state index contributed by atoms with van der Waals surface area (Å²) in [4.78, 5) is 6.04. The lowest BCUT2D eigenvalue weighted by Crippen LogP contribution is -2.01. The monoisotopic (exact) mass is 228 g/mol. The van der Waals surface area contributed by atoms with Gasteiger partial charge >= 0.3 is 0 Å². The van der Waals surface area contributed by atoms with Crippen molar-refractivity contribution in [2.24, 2.45) is 5.73 Å². The molecule has 1 atom stereocenters. The molecule has 1 unspecified atom stereocenters. The number of nitrogens with two attached hydrogens (primary N) is 1. The number of aromatic nitrogens is 1. The Hall–Kier alpha value is -0.0600. The number of rotatable bonds is 3. The summed E-state index contributed by atoms with van der Waals surface area (Å²) < 4.78 is 0. The Morgan fingerprint density at radius 3 is 3.07 bits per heavy atom. The second-order valence-electron chi connectivity index (χ2n) is 3.60. The summed E-state index contributed by atoms with van der Waals surface area (Å²) in [6, 6.07) is 0. The van der Waals surface area contributed by atoms with Crippen LogP contribution in [0, 0.1) is 6.92 Å². The summed E-state index contributed by atoms with van der Waals surface area (Å²) in [5.74, 6) is 1.30. The Kier molecular flexibility index (Phi) is 3.47. The third-order valence-corrected chi connectivity index (χ3v) is 5.35. The number of hydrogen-bond donors (Lipinski definition) is 1.